The standard InChI is InChI=1S/C16H25NO2/c1-3-8-16(18)19-13-15(4-2)17-12-11-14-9-6-5-7-10-14/h5-7,9-10,15,17H,3-4,8,11-13H2,1-2H3. The first-order valence-electron chi connectivity index (χ1n) is 7.19. The quantitative estimate of drug-likeness (QED) is 0.696. The molecule has 1 atom stereocenters. The van der Waals surface area contributed by atoms with Gasteiger partial charge >= 0.3 is 5.97 Å². The first kappa shape index (κ1) is 15.7. The minimum atomic E-state index is -0.0918. The van der Waals surface area contributed by atoms with Crippen LogP contribution in [-0.4, -0.2) is 25.2 Å². The third-order valence-corrected chi connectivity index (χ3v) is 3.08. The first-order chi connectivity index (χ1) is 9.26. The Morgan fingerprint density at radius 3 is 2.63 bits per heavy atom. The van der Waals surface area contributed by atoms with E-state index >= 15 is 0 Å². The van der Waals surface area contributed by atoms with E-state index in [1.54, 1.807) is 0 Å². The zero-order chi connectivity index (χ0) is 13.9. The lowest BCUT2D eigenvalue weighted by Gasteiger charge is -2.17. The Kier molecular flexibility index (Phi) is 7.91. The zero-order valence-electron chi connectivity index (χ0n) is 12.0. The number of hydrogen-bond acceptors (Lipinski definition) is 3. The molecule has 1 rings (SSSR count). The summed E-state index contributed by atoms with van der Waals surface area (Å²) in [6, 6.07) is 10.6. The summed E-state index contributed by atoms with van der Waals surface area (Å²) in [5.74, 6) is -0.0918. The summed E-state index contributed by atoms with van der Waals surface area (Å²) in [6.07, 6.45) is 3.33. The van der Waals surface area contributed by atoms with E-state index in [0.29, 0.717) is 13.0 Å². The Bertz CT molecular complexity index is 351. The number of hydrogen-bond donors (Lipinski definition) is 1. The molecule has 0 fully saturated rings. The Morgan fingerprint density at radius 1 is 1.26 bits per heavy atom. The molecule has 1 unspecified atom stereocenters. The average molecular weight is 263 g/mol. The van der Waals surface area contributed by atoms with E-state index in [9.17, 15) is 4.79 Å². The molecular formula is C16H25NO2. The van der Waals surface area contributed by atoms with Gasteiger partial charge in [0.15, 0.2) is 0 Å². The van der Waals surface area contributed by atoms with Crippen molar-refractivity contribution in [2.45, 2.75) is 45.6 Å². The normalized spacial score (nSPS) is 12.1. The Labute approximate surface area is 116 Å². The monoisotopic (exact) mass is 263 g/mol. The van der Waals surface area contributed by atoms with Crippen LogP contribution in [-0.2, 0) is 16.0 Å². The predicted molar refractivity (Wildman–Crippen MR) is 78.1 cm³/mol. The summed E-state index contributed by atoms with van der Waals surface area (Å²) in [7, 11) is 0. The van der Waals surface area contributed by atoms with Crippen molar-refractivity contribution in [1.29, 1.82) is 0 Å². The van der Waals surface area contributed by atoms with Crippen molar-refractivity contribution in [3.8, 4) is 0 Å². The van der Waals surface area contributed by atoms with Crippen LogP contribution in [0.15, 0.2) is 30.3 Å². The van der Waals surface area contributed by atoms with E-state index in [1.165, 1.54) is 5.56 Å². The van der Waals surface area contributed by atoms with E-state index in [2.05, 4.69) is 36.5 Å². The minimum absolute atomic E-state index is 0.0918. The van der Waals surface area contributed by atoms with Crippen LogP contribution in [0.25, 0.3) is 0 Å². The van der Waals surface area contributed by atoms with Crippen molar-refractivity contribution in [3.63, 3.8) is 0 Å². The van der Waals surface area contributed by atoms with E-state index < -0.39 is 0 Å². The second kappa shape index (κ2) is 9.56. The van der Waals surface area contributed by atoms with Crippen LogP contribution in [0.2, 0.25) is 0 Å². The van der Waals surface area contributed by atoms with E-state index in [4.69, 9.17) is 4.74 Å². The maximum atomic E-state index is 11.3. The van der Waals surface area contributed by atoms with Crippen molar-refractivity contribution in [2.24, 2.45) is 0 Å². The lowest BCUT2D eigenvalue weighted by molar-refractivity contribution is -0.144. The highest BCUT2D eigenvalue weighted by Crippen LogP contribution is 2.00. The fraction of sp³-hybridized carbons (Fsp3) is 0.562. The highest BCUT2D eigenvalue weighted by Gasteiger charge is 2.08. The van der Waals surface area contributed by atoms with Gasteiger partial charge in [-0.25, -0.2) is 0 Å². The van der Waals surface area contributed by atoms with E-state index in [0.717, 1.165) is 25.8 Å². The van der Waals surface area contributed by atoms with Crippen LogP contribution in [0.3, 0.4) is 0 Å². The third kappa shape index (κ3) is 6.97. The fourth-order valence-electron chi connectivity index (χ4n) is 1.86. The number of rotatable bonds is 9. The molecular weight excluding hydrogens is 238 g/mol. The summed E-state index contributed by atoms with van der Waals surface area (Å²) < 4.78 is 5.24. The van der Waals surface area contributed by atoms with Gasteiger partial charge in [-0.2, -0.15) is 0 Å². The number of ether oxygens (including phenoxy) is 1. The number of nitrogens with one attached hydrogen (secondary N) is 1. The van der Waals surface area contributed by atoms with Gasteiger partial charge in [-0.1, -0.05) is 44.2 Å². The fourth-order valence-corrected chi connectivity index (χ4v) is 1.86. The Hall–Kier alpha value is -1.35. The maximum absolute atomic E-state index is 11.3. The molecule has 0 spiro atoms. The molecule has 1 aromatic carbocycles. The van der Waals surface area contributed by atoms with Crippen molar-refractivity contribution >= 4 is 5.97 Å². The van der Waals surface area contributed by atoms with Gasteiger partial charge in [0, 0.05) is 12.5 Å². The average Bonchev–Trinajstić information content (AvgIpc) is 2.44. The first-order valence-corrected chi connectivity index (χ1v) is 7.19. The van der Waals surface area contributed by atoms with Gasteiger partial charge in [0.2, 0.25) is 0 Å². The molecule has 0 aromatic heterocycles. The van der Waals surface area contributed by atoms with Gasteiger partial charge in [-0.3, -0.25) is 4.79 Å². The molecule has 1 aromatic rings. The molecule has 0 bridgehead atoms. The lowest BCUT2D eigenvalue weighted by Crippen LogP contribution is -2.35. The van der Waals surface area contributed by atoms with Crippen LogP contribution >= 0.6 is 0 Å². The van der Waals surface area contributed by atoms with E-state index in [-0.39, 0.29) is 12.0 Å². The molecule has 3 nitrogen and oxygen atoms in total. The smallest absolute Gasteiger partial charge is 0.305 e. The number of carbonyl (C=O) groups excluding carboxylic acids is 1. The highest BCUT2D eigenvalue weighted by molar-refractivity contribution is 5.69. The van der Waals surface area contributed by atoms with Crippen LogP contribution < -0.4 is 5.32 Å². The van der Waals surface area contributed by atoms with Crippen molar-refractivity contribution in [3.05, 3.63) is 35.9 Å². The number of carbonyl (C=O) groups is 1. The second-order valence-corrected chi connectivity index (χ2v) is 4.73. The molecule has 0 aliphatic rings. The molecule has 0 aliphatic heterocycles. The van der Waals surface area contributed by atoms with Gasteiger partial charge in [0.05, 0.1) is 0 Å². The summed E-state index contributed by atoms with van der Waals surface area (Å²) in [6.45, 7) is 5.47. The molecule has 3 heteroatoms. The number of esters is 1. The van der Waals surface area contributed by atoms with Gasteiger partial charge in [-0.05, 0) is 31.4 Å². The van der Waals surface area contributed by atoms with Crippen LogP contribution in [0, 0.1) is 0 Å². The molecule has 0 aliphatic carbocycles. The SMILES string of the molecule is CCCC(=O)OCC(CC)NCCc1ccccc1. The molecule has 0 radical (unpaired) electrons. The second-order valence-electron chi connectivity index (χ2n) is 4.73. The van der Waals surface area contributed by atoms with Gasteiger partial charge in [0.1, 0.15) is 6.61 Å². The van der Waals surface area contributed by atoms with Gasteiger partial charge < -0.3 is 10.1 Å². The molecule has 0 saturated heterocycles. The Balaban J connectivity index is 2.19. The van der Waals surface area contributed by atoms with Crippen LogP contribution in [0.4, 0.5) is 0 Å². The molecule has 1 N–H and O–H groups in total. The summed E-state index contributed by atoms with van der Waals surface area (Å²) in [4.78, 5) is 11.3. The molecule has 19 heavy (non-hydrogen) atoms. The van der Waals surface area contributed by atoms with E-state index in [1.807, 2.05) is 13.0 Å². The number of benzene rings is 1. The molecule has 0 saturated carbocycles. The van der Waals surface area contributed by atoms with Crippen molar-refractivity contribution < 1.29 is 9.53 Å². The summed E-state index contributed by atoms with van der Waals surface area (Å²) in [5.41, 5.74) is 1.33. The maximum Gasteiger partial charge on any atom is 0.305 e. The van der Waals surface area contributed by atoms with Crippen LogP contribution in [0.5, 0.6) is 0 Å². The lowest BCUT2D eigenvalue weighted by atomic mass is 10.1. The minimum Gasteiger partial charge on any atom is -0.464 e. The summed E-state index contributed by atoms with van der Waals surface area (Å²) >= 11 is 0. The molecule has 0 amide bonds. The third-order valence-electron chi connectivity index (χ3n) is 3.08. The highest BCUT2D eigenvalue weighted by atomic mass is 16.5. The van der Waals surface area contributed by atoms with Gasteiger partial charge in [0.25, 0.3) is 0 Å². The topological polar surface area (TPSA) is 38.3 Å². The zero-order valence-corrected chi connectivity index (χ0v) is 12.0. The summed E-state index contributed by atoms with van der Waals surface area (Å²) in [5, 5.41) is 3.44. The van der Waals surface area contributed by atoms with Crippen molar-refractivity contribution in [2.75, 3.05) is 13.2 Å². The largest absolute Gasteiger partial charge is 0.464 e. The Morgan fingerprint density at radius 2 is 2.00 bits per heavy atom. The predicted octanol–water partition coefficient (Wildman–Crippen LogP) is 2.94. The van der Waals surface area contributed by atoms with Crippen LogP contribution in [0.1, 0.15) is 38.7 Å². The van der Waals surface area contributed by atoms with Gasteiger partial charge in [-0.15, -0.1) is 0 Å². The van der Waals surface area contributed by atoms with Crippen molar-refractivity contribution in [1.82, 2.24) is 5.32 Å². The molecule has 106 valence electrons. The molecule has 0 heterocycles.